The van der Waals surface area contributed by atoms with E-state index in [-0.39, 0.29) is 122 Å². The highest BCUT2D eigenvalue weighted by Gasteiger charge is 2.68. The number of hydrogen-bond acceptors (Lipinski definition) is 14. The normalized spacial score (nSPS) is 48.8. The van der Waals surface area contributed by atoms with Gasteiger partial charge < -0.3 is 53.5 Å². The molecule has 16 heteroatoms. The van der Waals surface area contributed by atoms with Crippen LogP contribution >= 0.6 is 0 Å². The maximum atomic E-state index is 14.1. The van der Waals surface area contributed by atoms with Crippen molar-refractivity contribution in [2.24, 2.45) is 17.6 Å². The molecular weight excluding hydrogens is 763 g/mol. The van der Waals surface area contributed by atoms with Gasteiger partial charge in [-0.2, -0.15) is 8.42 Å². The van der Waals surface area contributed by atoms with Gasteiger partial charge in [-0.1, -0.05) is 20.1 Å². The molecule has 10 fully saturated rings. The maximum Gasteiger partial charge on any atom is 0.261 e. The minimum atomic E-state index is -3.67. The number of aliphatic hydroxyl groups is 1. The maximum absolute atomic E-state index is 14.1. The number of ketones is 1. The molecule has 10 saturated heterocycles. The van der Waals surface area contributed by atoms with Gasteiger partial charge in [0.15, 0.2) is 5.79 Å². The van der Waals surface area contributed by atoms with Crippen LogP contribution in [0.1, 0.15) is 90.4 Å². The van der Waals surface area contributed by atoms with Crippen LogP contribution in [-0.2, 0) is 57.5 Å². The quantitative estimate of drug-likeness (QED) is 0.276. The molecule has 0 unspecified atom stereocenters. The van der Waals surface area contributed by atoms with E-state index in [0.717, 1.165) is 56.1 Å². The van der Waals surface area contributed by atoms with Gasteiger partial charge >= 0.3 is 0 Å². The van der Waals surface area contributed by atoms with Crippen LogP contribution in [0, 0.1) is 11.8 Å². The number of ether oxygens (including phenoxy) is 9. The number of methoxy groups -OCH3 is 1. The molecule has 0 radical (unpaired) electrons. The molecule has 4 N–H and O–H groups in total. The highest BCUT2D eigenvalue weighted by atomic mass is 32.2. The van der Waals surface area contributed by atoms with Crippen LogP contribution in [-0.4, -0.2) is 147 Å². The van der Waals surface area contributed by atoms with Crippen LogP contribution in [0.5, 0.6) is 0 Å². The number of aliphatic hydroxyl groups excluding tert-OH is 1. The van der Waals surface area contributed by atoms with Crippen LogP contribution in [0.15, 0.2) is 24.3 Å². The van der Waals surface area contributed by atoms with Crippen molar-refractivity contribution in [2.45, 2.75) is 194 Å². The van der Waals surface area contributed by atoms with Crippen molar-refractivity contribution in [3.63, 3.8) is 0 Å². The van der Waals surface area contributed by atoms with Gasteiger partial charge in [-0.3, -0.25) is 9.35 Å². The fourth-order valence-corrected chi connectivity index (χ4v) is 11.3. The number of nitrogens with two attached hydrogens (primary N) is 1. The van der Waals surface area contributed by atoms with Crippen LogP contribution in [0.4, 0.5) is 0 Å². The van der Waals surface area contributed by atoms with Crippen molar-refractivity contribution in [1.82, 2.24) is 0 Å². The van der Waals surface area contributed by atoms with Gasteiger partial charge in [-0.05, 0) is 62.0 Å². The summed E-state index contributed by atoms with van der Waals surface area (Å²) in [5.41, 5.74) is 8.01. The van der Waals surface area contributed by atoms with E-state index >= 15 is 0 Å². The first-order valence-electron chi connectivity index (χ1n) is 21.1. The summed E-state index contributed by atoms with van der Waals surface area (Å²) in [6.45, 7) is 11.3. The number of hydrogen-bond donors (Lipinski definition) is 3. The molecule has 10 heterocycles. The molecular formula is C41H63NO14S. The molecule has 10 aliphatic rings. The monoisotopic (exact) mass is 825 g/mol. The van der Waals surface area contributed by atoms with E-state index in [9.17, 15) is 18.3 Å². The molecule has 0 aromatic carbocycles. The van der Waals surface area contributed by atoms with Gasteiger partial charge in [0.25, 0.3) is 10.1 Å². The highest BCUT2D eigenvalue weighted by Crippen LogP contribution is 2.54. The first kappa shape index (κ1) is 42.3. The molecule has 0 saturated carbocycles. The molecule has 0 aromatic rings. The fourth-order valence-electron chi connectivity index (χ4n) is 11.3. The second-order valence-electron chi connectivity index (χ2n) is 18.2. The summed E-state index contributed by atoms with van der Waals surface area (Å²) in [5, 5.41) is 10.5. The summed E-state index contributed by atoms with van der Waals surface area (Å²) < 4.78 is 85.9. The van der Waals surface area contributed by atoms with E-state index in [1.165, 1.54) is 0 Å². The van der Waals surface area contributed by atoms with Gasteiger partial charge in [-0.25, -0.2) is 0 Å². The number of rotatable bonds is 4. The van der Waals surface area contributed by atoms with E-state index in [1.54, 1.807) is 7.11 Å². The molecule has 12 bridgehead atoms. The van der Waals surface area contributed by atoms with Gasteiger partial charge in [0.05, 0.1) is 73.4 Å². The third-order valence-corrected chi connectivity index (χ3v) is 14.0. The molecule has 1 spiro atoms. The van der Waals surface area contributed by atoms with Crippen molar-refractivity contribution < 1.29 is 65.5 Å². The minimum Gasteiger partial charge on any atom is -0.392 e. The average Bonchev–Trinajstić information content (AvgIpc) is 3.82. The summed E-state index contributed by atoms with van der Waals surface area (Å²) in [6, 6.07) is 0. The number of fused-ring (bicyclic) bond motifs is 6. The molecule has 10 aliphatic heterocycles. The molecule has 322 valence electrons. The second kappa shape index (κ2) is 16.8. The molecule has 19 atom stereocenters. The third kappa shape index (κ3) is 9.00. The smallest absolute Gasteiger partial charge is 0.261 e. The Bertz CT molecular complexity index is 1600. The lowest BCUT2D eigenvalue weighted by Gasteiger charge is -2.47. The summed E-state index contributed by atoms with van der Waals surface area (Å²) in [6.07, 6.45) is 5.57. The van der Waals surface area contributed by atoms with E-state index in [1.807, 2.05) is 0 Å². The lowest BCUT2D eigenvalue weighted by molar-refractivity contribution is -0.292. The van der Waals surface area contributed by atoms with Crippen LogP contribution in [0.25, 0.3) is 0 Å². The molecule has 0 aliphatic carbocycles. The van der Waals surface area contributed by atoms with E-state index < -0.39 is 28.1 Å². The van der Waals surface area contributed by atoms with Crippen molar-refractivity contribution in [2.75, 3.05) is 19.9 Å². The van der Waals surface area contributed by atoms with Gasteiger partial charge in [-0.15, -0.1) is 0 Å². The van der Waals surface area contributed by atoms with Gasteiger partial charge in [0.1, 0.15) is 36.3 Å². The zero-order valence-corrected chi connectivity index (χ0v) is 34.3. The molecule has 0 aromatic heterocycles. The Morgan fingerprint density at radius 2 is 1.51 bits per heavy atom. The zero-order chi connectivity index (χ0) is 40.4. The Hall–Kier alpha value is -1.38. The molecule has 57 heavy (non-hydrogen) atoms. The van der Waals surface area contributed by atoms with E-state index in [0.29, 0.717) is 31.9 Å². The fraction of sp³-hybridized carbons (Fsp3) is 0.878. The largest absolute Gasteiger partial charge is 0.392 e. The van der Waals surface area contributed by atoms with Crippen LogP contribution in [0.3, 0.4) is 0 Å². The third-order valence-electron chi connectivity index (χ3n) is 14.0. The van der Waals surface area contributed by atoms with Crippen LogP contribution in [0.2, 0.25) is 0 Å². The Labute approximate surface area is 336 Å². The number of carbonyl (C=O) groups is 1. The van der Waals surface area contributed by atoms with Crippen molar-refractivity contribution in [3.8, 4) is 0 Å². The minimum absolute atomic E-state index is 0.0158. The lowest BCUT2D eigenvalue weighted by Crippen LogP contribution is -2.61. The topological polar surface area (TPSA) is 201 Å². The standard InChI is InChI=1S/C40H59NO11.CH4O3S/c1-19-11-24-5-7-28-20(2)12-26(45-28)9-10-40-17-33-36(51-40)37-38(50-33)39(52-40)35-29(49-37)8-6-25(47-35)13-22(42)14-27-31(16-30(46-24)21(19)3)48-32(34(27)44-4)15-23(43)18-41;1-5(2,3)4/h19,23-39,43H,2-3,5-18,41H2,1,4H3;1H3,(H,2,3,4)/t19-,23+,24+,25-,26+,27+,28+,29+,30-,31+,32-,33-,34-,35-,36-,37+,38-,39-,40+;/m1./s1. The first-order chi connectivity index (χ1) is 27.1. The Morgan fingerprint density at radius 1 is 0.825 bits per heavy atom. The summed E-state index contributed by atoms with van der Waals surface area (Å²) in [7, 11) is -2.01. The van der Waals surface area contributed by atoms with E-state index in [2.05, 4.69) is 20.1 Å². The van der Waals surface area contributed by atoms with Crippen molar-refractivity contribution >= 4 is 15.9 Å². The lowest BCUT2D eigenvalue weighted by atomic mass is 9.81. The van der Waals surface area contributed by atoms with Crippen molar-refractivity contribution in [1.29, 1.82) is 0 Å². The predicted molar refractivity (Wildman–Crippen MR) is 204 cm³/mol. The first-order valence-corrected chi connectivity index (χ1v) is 22.9. The predicted octanol–water partition coefficient (Wildman–Crippen LogP) is 2.94. The average molecular weight is 826 g/mol. The summed E-state index contributed by atoms with van der Waals surface area (Å²) >= 11 is 0. The Kier molecular flexibility index (Phi) is 12.5. The SMILES string of the molecule is C=C1C[C@@H]2CC[C@@]34C[C@H]5O[C@@H]6[C@@H](O[C@H]7CC[C@H](CC(=O)C[C@@H]8[C@@H](OC)[C@@H](C[C@H](O)CN)O[C@H]8C[C@H]8O[C@@H](CC[C@@H]1O2)C[C@@H](C)C8=C)O[C@H]7[C@H]6O3)[C@@H]5O4.CS(=O)(=O)O. The van der Waals surface area contributed by atoms with E-state index in [4.69, 9.17) is 52.9 Å². The highest BCUT2D eigenvalue weighted by molar-refractivity contribution is 7.85. The molecule has 10 rings (SSSR count). The number of carbonyl (C=O) groups excluding carboxylic acids is 1. The van der Waals surface area contributed by atoms with Gasteiger partial charge in [0, 0.05) is 58.1 Å². The number of Topliss-reactive ketones (excluding diaryl/α,β-unsaturated/α-hetero) is 1. The Balaban J connectivity index is 0.000000859. The summed E-state index contributed by atoms with van der Waals surface area (Å²) in [5.74, 6) is -0.619. The molecule has 15 nitrogen and oxygen atoms in total. The van der Waals surface area contributed by atoms with Gasteiger partial charge in [0.2, 0.25) is 0 Å². The van der Waals surface area contributed by atoms with Crippen molar-refractivity contribution in [3.05, 3.63) is 24.3 Å². The van der Waals surface area contributed by atoms with Crippen LogP contribution < -0.4 is 5.73 Å². The second-order valence-corrected chi connectivity index (χ2v) is 19.6. The molecule has 0 amide bonds. The zero-order valence-electron chi connectivity index (χ0n) is 33.5. The summed E-state index contributed by atoms with van der Waals surface area (Å²) in [4.78, 5) is 14.1. The Morgan fingerprint density at radius 3 is 2.26 bits per heavy atom.